The van der Waals surface area contributed by atoms with Gasteiger partial charge in [0.25, 0.3) is 5.91 Å². The molecule has 0 aliphatic rings. The maximum absolute atomic E-state index is 12.4. The first-order valence-electron chi connectivity index (χ1n) is 9.17. The third-order valence-corrected chi connectivity index (χ3v) is 4.36. The molecule has 0 spiro atoms. The zero-order valence-electron chi connectivity index (χ0n) is 16.3. The predicted molar refractivity (Wildman–Crippen MR) is 113 cm³/mol. The van der Waals surface area contributed by atoms with Crippen LogP contribution in [-0.4, -0.2) is 20.9 Å². The third kappa shape index (κ3) is 5.27. The maximum atomic E-state index is 12.4. The fraction of sp³-hybridized carbons (Fsp3) is 0.130. The molecule has 0 saturated carbocycles. The van der Waals surface area contributed by atoms with Gasteiger partial charge in [0.05, 0.1) is 12.7 Å². The molecule has 6 heteroatoms. The number of nitrogens with zero attached hydrogens (tertiary/aromatic N) is 4. The van der Waals surface area contributed by atoms with Crippen LogP contribution in [0.1, 0.15) is 22.4 Å². The number of nitrogens with one attached hydrogen (secondary N) is 1. The van der Waals surface area contributed by atoms with Crippen LogP contribution < -0.4 is 5.32 Å². The molecule has 1 heterocycles. The van der Waals surface area contributed by atoms with Crippen molar-refractivity contribution in [1.29, 1.82) is 5.26 Å². The molecule has 0 aliphatic carbocycles. The van der Waals surface area contributed by atoms with Gasteiger partial charge in [-0.05, 0) is 42.7 Å². The van der Waals surface area contributed by atoms with E-state index in [1.807, 2.05) is 68.4 Å². The number of anilines is 1. The Kier molecular flexibility index (Phi) is 6.33. The van der Waals surface area contributed by atoms with Crippen LogP contribution in [0.15, 0.2) is 72.5 Å². The van der Waals surface area contributed by atoms with E-state index in [2.05, 4.69) is 15.6 Å². The third-order valence-electron chi connectivity index (χ3n) is 4.36. The molecule has 1 amide bonds. The average Bonchev–Trinajstić information content (AvgIpc) is 3.16. The molecule has 144 valence electrons. The van der Waals surface area contributed by atoms with E-state index < -0.39 is 5.91 Å². The van der Waals surface area contributed by atoms with Crippen molar-refractivity contribution in [3.63, 3.8) is 0 Å². The van der Waals surface area contributed by atoms with Gasteiger partial charge in [-0.1, -0.05) is 59.8 Å². The zero-order chi connectivity index (χ0) is 20.6. The van der Waals surface area contributed by atoms with Crippen LogP contribution in [0.25, 0.3) is 6.08 Å². The fourth-order valence-corrected chi connectivity index (χ4v) is 2.84. The highest BCUT2D eigenvalue weighted by Crippen LogP contribution is 2.20. The first-order valence-corrected chi connectivity index (χ1v) is 9.17. The first kappa shape index (κ1) is 19.8. The summed E-state index contributed by atoms with van der Waals surface area (Å²) in [6, 6.07) is 17.7. The highest BCUT2D eigenvalue weighted by molar-refractivity contribution is 6.07. The molecule has 3 rings (SSSR count). The first-order chi connectivity index (χ1) is 14.1. The van der Waals surface area contributed by atoms with Crippen molar-refractivity contribution in [1.82, 2.24) is 15.0 Å². The second kappa shape index (κ2) is 9.29. The lowest BCUT2D eigenvalue weighted by atomic mass is 10.1. The molecule has 0 fully saturated rings. The van der Waals surface area contributed by atoms with Gasteiger partial charge in [-0.3, -0.25) is 4.79 Å². The number of para-hydroxylation sites is 1. The topological polar surface area (TPSA) is 83.6 Å². The van der Waals surface area contributed by atoms with Crippen molar-refractivity contribution in [2.24, 2.45) is 0 Å². The minimum absolute atomic E-state index is 0.0144. The number of allylic oxidation sites excluding steroid dienone is 2. The van der Waals surface area contributed by atoms with E-state index in [1.165, 1.54) is 6.08 Å². The van der Waals surface area contributed by atoms with Gasteiger partial charge in [0.1, 0.15) is 17.3 Å². The number of amides is 1. The number of rotatable bonds is 6. The van der Waals surface area contributed by atoms with E-state index in [-0.39, 0.29) is 5.57 Å². The minimum Gasteiger partial charge on any atom is -0.321 e. The molecular formula is C23H21N5O. The van der Waals surface area contributed by atoms with E-state index in [1.54, 1.807) is 23.0 Å². The number of hydrogen-bond donors (Lipinski definition) is 1. The van der Waals surface area contributed by atoms with Crippen molar-refractivity contribution in [3.05, 3.63) is 94.8 Å². The summed E-state index contributed by atoms with van der Waals surface area (Å²) in [5.41, 5.74) is 4.40. The lowest BCUT2D eigenvalue weighted by molar-refractivity contribution is -0.112. The maximum Gasteiger partial charge on any atom is 0.266 e. The van der Waals surface area contributed by atoms with Gasteiger partial charge < -0.3 is 5.32 Å². The van der Waals surface area contributed by atoms with E-state index >= 15 is 0 Å². The SMILES string of the molecule is Cc1cccc(C)c1NC(=O)/C(C#N)=C/C=C/c1cn(Cc2ccccc2)nn1. The molecule has 2 aromatic carbocycles. The van der Waals surface area contributed by atoms with Crippen molar-refractivity contribution >= 4 is 17.7 Å². The molecule has 0 radical (unpaired) electrons. The molecule has 0 saturated heterocycles. The molecule has 1 N–H and O–H groups in total. The van der Waals surface area contributed by atoms with Gasteiger partial charge in [-0.15, -0.1) is 5.10 Å². The Morgan fingerprint density at radius 2 is 1.86 bits per heavy atom. The van der Waals surface area contributed by atoms with Gasteiger partial charge in [0.2, 0.25) is 0 Å². The summed E-state index contributed by atoms with van der Waals surface area (Å²) in [6.07, 6.45) is 6.61. The monoisotopic (exact) mass is 383 g/mol. The molecule has 1 aromatic heterocycles. The van der Waals surface area contributed by atoms with E-state index in [9.17, 15) is 10.1 Å². The number of aryl methyl sites for hydroxylation is 2. The van der Waals surface area contributed by atoms with Crippen molar-refractivity contribution in [2.45, 2.75) is 20.4 Å². The van der Waals surface area contributed by atoms with Crippen LogP contribution in [-0.2, 0) is 11.3 Å². The summed E-state index contributed by atoms with van der Waals surface area (Å²) in [4.78, 5) is 12.4. The summed E-state index contributed by atoms with van der Waals surface area (Å²) in [5.74, 6) is -0.442. The van der Waals surface area contributed by atoms with Crippen LogP contribution in [0.3, 0.4) is 0 Å². The molecule has 0 bridgehead atoms. The number of hydrogen-bond acceptors (Lipinski definition) is 4. The average molecular weight is 383 g/mol. The van der Waals surface area contributed by atoms with Crippen molar-refractivity contribution in [2.75, 3.05) is 5.32 Å². The Hall–Kier alpha value is -3.98. The Balaban J connectivity index is 1.66. The summed E-state index contributed by atoms with van der Waals surface area (Å²) >= 11 is 0. The van der Waals surface area contributed by atoms with Gasteiger partial charge in [-0.25, -0.2) is 4.68 Å². The predicted octanol–water partition coefficient (Wildman–Crippen LogP) is 4.05. The molecule has 6 nitrogen and oxygen atoms in total. The smallest absolute Gasteiger partial charge is 0.266 e. The molecule has 0 atom stereocenters. The standard InChI is InChI=1S/C23H21N5O/c1-17-8-6-9-18(2)22(17)25-23(29)20(14-24)12-7-13-21-16-28(27-26-21)15-19-10-4-3-5-11-19/h3-13,16H,15H2,1-2H3,(H,25,29)/b13-7+,20-12+. The van der Waals surface area contributed by atoms with Crippen LogP contribution in [0.5, 0.6) is 0 Å². The summed E-state index contributed by atoms with van der Waals surface area (Å²) in [5, 5.41) is 20.3. The van der Waals surface area contributed by atoms with Crippen LogP contribution in [0, 0.1) is 25.2 Å². The number of aromatic nitrogens is 3. The fourth-order valence-electron chi connectivity index (χ4n) is 2.84. The van der Waals surface area contributed by atoms with Gasteiger partial charge in [-0.2, -0.15) is 5.26 Å². The van der Waals surface area contributed by atoms with E-state index in [0.29, 0.717) is 12.2 Å². The van der Waals surface area contributed by atoms with Crippen LogP contribution in [0.2, 0.25) is 0 Å². The lowest BCUT2D eigenvalue weighted by Gasteiger charge is -2.10. The lowest BCUT2D eigenvalue weighted by Crippen LogP contribution is -2.15. The highest BCUT2D eigenvalue weighted by Gasteiger charge is 2.11. The van der Waals surface area contributed by atoms with Crippen LogP contribution >= 0.6 is 0 Å². The van der Waals surface area contributed by atoms with E-state index in [0.717, 1.165) is 22.4 Å². The van der Waals surface area contributed by atoms with Crippen molar-refractivity contribution in [3.8, 4) is 6.07 Å². The van der Waals surface area contributed by atoms with Crippen molar-refractivity contribution < 1.29 is 4.79 Å². The second-order valence-corrected chi connectivity index (χ2v) is 6.60. The summed E-state index contributed by atoms with van der Waals surface area (Å²) < 4.78 is 1.73. The summed E-state index contributed by atoms with van der Waals surface area (Å²) in [7, 11) is 0. The van der Waals surface area contributed by atoms with Gasteiger partial charge in [0.15, 0.2) is 0 Å². The molecule has 3 aromatic rings. The molecule has 0 aliphatic heterocycles. The Bertz CT molecular complexity index is 1080. The van der Waals surface area contributed by atoms with Gasteiger partial charge in [0, 0.05) is 5.69 Å². The zero-order valence-corrected chi connectivity index (χ0v) is 16.3. The highest BCUT2D eigenvalue weighted by atomic mass is 16.1. The number of benzene rings is 2. The Morgan fingerprint density at radius 3 is 2.55 bits per heavy atom. The quantitative estimate of drug-likeness (QED) is 0.395. The number of carbonyl (C=O) groups excluding carboxylic acids is 1. The van der Waals surface area contributed by atoms with Gasteiger partial charge >= 0.3 is 0 Å². The van der Waals surface area contributed by atoms with Crippen LogP contribution in [0.4, 0.5) is 5.69 Å². The largest absolute Gasteiger partial charge is 0.321 e. The molecule has 0 unspecified atom stereocenters. The number of nitriles is 1. The summed E-state index contributed by atoms with van der Waals surface area (Å²) in [6.45, 7) is 4.45. The normalized spacial score (nSPS) is 11.4. The minimum atomic E-state index is -0.442. The molecule has 29 heavy (non-hydrogen) atoms. The Morgan fingerprint density at radius 1 is 1.14 bits per heavy atom. The molecular weight excluding hydrogens is 362 g/mol. The Labute approximate surface area is 169 Å². The second-order valence-electron chi connectivity index (χ2n) is 6.60. The number of carbonyl (C=O) groups is 1. The van der Waals surface area contributed by atoms with E-state index in [4.69, 9.17) is 0 Å².